The van der Waals surface area contributed by atoms with Gasteiger partial charge in [0.15, 0.2) is 0 Å². The molecule has 0 radical (unpaired) electrons. The number of rotatable bonds is 3. The number of pyridine rings is 1. The Kier molecular flexibility index (Phi) is 4.16. The fourth-order valence-electron chi connectivity index (χ4n) is 1.34. The minimum Gasteiger partial charge on any atom is -0.389 e. The first-order valence-electron chi connectivity index (χ1n) is 5.04. The second-order valence-electron chi connectivity index (χ2n) is 3.55. The van der Waals surface area contributed by atoms with Crippen LogP contribution in [0.1, 0.15) is 5.56 Å². The summed E-state index contributed by atoms with van der Waals surface area (Å²) < 4.78 is 0.853. The van der Waals surface area contributed by atoms with E-state index in [0.29, 0.717) is 15.8 Å². The van der Waals surface area contributed by atoms with E-state index in [2.05, 4.69) is 26.2 Å². The zero-order valence-corrected chi connectivity index (χ0v) is 12.3. The third-order valence-electron chi connectivity index (χ3n) is 2.24. The molecule has 18 heavy (non-hydrogen) atoms. The summed E-state index contributed by atoms with van der Waals surface area (Å²) in [4.78, 5) is 4.55. The molecule has 0 aliphatic rings. The molecule has 6 heteroatoms. The molecule has 2 aromatic rings. The molecule has 0 spiro atoms. The largest absolute Gasteiger partial charge is 0.389 e. The Labute approximate surface area is 123 Å². The Morgan fingerprint density at radius 2 is 2.11 bits per heavy atom. The lowest BCUT2D eigenvalue weighted by Crippen LogP contribution is -2.09. The van der Waals surface area contributed by atoms with Crippen molar-refractivity contribution in [3.63, 3.8) is 0 Å². The minimum absolute atomic E-state index is 0.334. The zero-order valence-electron chi connectivity index (χ0n) is 9.15. The Bertz CT molecular complexity index is 586. The molecule has 1 aromatic heterocycles. The highest BCUT2D eigenvalue weighted by Gasteiger charge is 2.01. The Morgan fingerprint density at radius 3 is 2.67 bits per heavy atom. The number of hydrogen-bond donors (Lipinski definition) is 2. The van der Waals surface area contributed by atoms with Crippen LogP contribution in [0.2, 0.25) is 5.02 Å². The maximum Gasteiger partial charge on any atom is 0.130 e. The maximum atomic E-state index is 6.01. The maximum absolute atomic E-state index is 6.01. The van der Waals surface area contributed by atoms with Gasteiger partial charge < -0.3 is 11.1 Å². The first-order chi connectivity index (χ1) is 8.56. The highest BCUT2D eigenvalue weighted by molar-refractivity contribution is 9.10. The van der Waals surface area contributed by atoms with E-state index in [1.807, 2.05) is 30.3 Å². The average molecular weight is 343 g/mol. The van der Waals surface area contributed by atoms with Crippen molar-refractivity contribution in [3.8, 4) is 0 Å². The first kappa shape index (κ1) is 13.3. The fraction of sp³-hybridized carbons (Fsp3) is 0. The highest BCUT2D eigenvalue weighted by Crippen LogP contribution is 2.26. The topological polar surface area (TPSA) is 50.9 Å². The van der Waals surface area contributed by atoms with E-state index in [0.717, 1.165) is 15.7 Å². The lowest BCUT2D eigenvalue weighted by molar-refractivity contribution is 1.30. The molecular weight excluding hydrogens is 334 g/mol. The van der Waals surface area contributed by atoms with E-state index >= 15 is 0 Å². The molecule has 3 N–H and O–H groups in total. The predicted octanol–water partition coefficient (Wildman–Crippen LogP) is 3.88. The summed E-state index contributed by atoms with van der Waals surface area (Å²) in [6, 6.07) is 9.21. The summed E-state index contributed by atoms with van der Waals surface area (Å²) in [6.07, 6.45) is 1.63. The fourth-order valence-corrected chi connectivity index (χ4v) is 1.88. The summed E-state index contributed by atoms with van der Waals surface area (Å²) >= 11 is 14.2. The van der Waals surface area contributed by atoms with Gasteiger partial charge in [-0.3, -0.25) is 0 Å². The smallest absolute Gasteiger partial charge is 0.130 e. The van der Waals surface area contributed by atoms with Crippen LogP contribution in [-0.2, 0) is 0 Å². The molecule has 0 atom stereocenters. The number of aromatic nitrogens is 1. The van der Waals surface area contributed by atoms with E-state index in [4.69, 9.17) is 29.6 Å². The second kappa shape index (κ2) is 5.65. The number of anilines is 2. The van der Waals surface area contributed by atoms with Crippen molar-refractivity contribution in [1.29, 1.82) is 0 Å². The van der Waals surface area contributed by atoms with Crippen molar-refractivity contribution in [3.05, 3.63) is 51.6 Å². The van der Waals surface area contributed by atoms with E-state index < -0.39 is 0 Å². The molecule has 1 aromatic carbocycles. The van der Waals surface area contributed by atoms with Crippen molar-refractivity contribution in [1.82, 2.24) is 4.98 Å². The van der Waals surface area contributed by atoms with Crippen LogP contribution < -0.4 is 11.1 Å². The third-order valence-corrected chi connectivity index (χ3v) is 3.71. The van der Waals surface area contributed by atoms with Gasteiger partial charge in [-0.1, -0.05) is 23.8 Å². The summed E-state index contributed by atoms with van der Waals surface area (Å²) in [6.45, 7) is 0. The Hall–Kier alpha value is -1.17. The van der Waals surface area contributed by atoms with Crippen LogP contribution >= 0.6 is 39.7 Å². The van der Waals surface area contributed by atoms with E-state index in [-0.39, 0.29) is 0 Å². The van der Waals surface area contributed by atoms with Crippen LogP contribution in [0.5, 0.6) is 0 Å². The molecule has 0 bridgehead atoms. The van der Waals surface area contributed by atoms with Crippen LogP contribution in [0, 0.1) is 0 Å². The van der Waals surface area contributed by atoms with Gasteiger partial charge in [0, 0.05) is 21.9 Å². The van der Waals surface area contributed by atoms with Crippen LogP contribution in [0.4, 0.5) is 11.5 Å². The van der Waals surface area contributed by atoms with Gasteiger partial charge in [-0.2, -0.15) is 0 Å². The predicted molar refractivity (Wildman–Crippen MR) is 82.6 cm³/mol. The van der Waals surface area contributed by atoms with Crippen molar-refractivity contribution >= 4 is 56.2 Å². The number of halogens is 2. The lowest BCUT2D eigenvalue weighted by Gasteiger charge is -2.07. The molecule has 0 aliphatic heterocycles. The number of thiocarbonyl (C=S) groups is 1. The van der Waals surface area contributed by atoms with Crippen molar-refractivity contribution in [2.75, 3.05) is 5.32 Å². The van der Waals surface area contributed by atoms with Gasteiger partial charge in [0.1, 0.15) is 10.8 Å². The van der Waals surface area contributed by atoms with Crippen LogP contribution in [-0.4, -0.2) is 9.97 Å². The van der Waals surface area contributed by atoms with Crippen LogP contribution in [0.25, 0.3) is 0 Å². The number of hydrogen-bond acceptors (Lipinski definition) is 3. The molecular formula is C12H9BrClN3S. The standard InChI is InChI=1S/C12H9BrClN3S/c13-9-3-2-8(5-10(9)14)17-11-4-1-7(6-16-11)12(15)18/h1-6H,(H2,15,18)(H,16,17). The lowest BCUT2D eigenvalue weighted by atomic mass is 10.3. The molecule has 0 saturated heterocycles. The van der Waals surface area contributed by atoms with Gasteiger partial charge in [-0.25, -0.2) is 4.98 Å². The summed E-state index contributed by atoms with van der Waals surface area (Å²) in [5, 5.41) is 3.78. The number of benzene rings is 1. The van der Waals surface area contributed by atoms with Gasteiger partial charge in [-0.05, 0) is 46.3 Å². The molecule has 0 fully saturated rings. The van der Waals surface area contributed by atoms with Gasteiger partial charge in [0.2, 0.25) is 0 Å². The number of nitrogens with one attached hydrogen (secondary N) is 1. The quantitative estimate of drug-likeness (QED) is 0.831. The summed E-state index contributed by atoms with van der Waals surface area (Å²) in [5.74, 6) is 0.702. The first-order valence-corrected chi connectivity index (χ1v) is 6.62. The van der Waals surface area contributed by atoms with E-state index in [1.165, 1.54) is 0 Å². The zero-order chi connectivity index (χ0) is 13.1. The van der Waals surface area contributed by atoms with Crippen molar-refractivity contribution in [2.45, 2.75) is 0 Å². The normalized spacial score (nSPS) is 10.1. The van der Waals surface area contributed by atoms with E-state index in [9.17, 15) is 0 Å². The van der Waals surface area contributed by atoms with Crippen molar-refractivity contribution in [2.24, 2.45) is 5.73 Å². The number of nitrogens with zero attached hydrogens (tertiary/aromatic N) is 1. The van der Waals surface area contributed by atoms with Crippen LogP contribution in [0.3, 0.4) is 0 Å². The summed E-state index contributed by atoms with van der Waals surface area (Å²) in [7, 11) is 0. The Balaban J connectivity index is 2.18. The van der Waals surface area contributed by atoms with Crippen molar-refractivity contribution < 1.29 is 0 Å². The number of nitrogens with two attached hydrogens (primary N) is 1. The molecule has 1 heterocycles. The van der Waals surface area contributed by atoms with Gasteiger partial charge in [0.05, 0.1) is 5.02 Å². The van der Waals surface area contributed by atoms with Crippen LogP contribution in [0.15, 0.2) is 41.0 Å². The third kappa shape index (κ3) is 3.19. The molecule has 0 amide bonds. The molecule has 3 nitrogen and oxygen atoms in total. The van der Waals surface area contributed by atoms with E-state index in [1.54, 1.807) is 6.20 Å². The van der Waals surface area contributed by atoms with Gasteiger partial charge in [-0.15, -0.1) is 0 Å². The van der Waals surface area contributed by atoms with Gasteiger partial charge >= 0.3 is 0 Å². The minimum atomic E-state index is 0.334. The monoisotopic (exact) mass is 341 g/mol. The summed E-state index contributed by atoms with van der Waals surface area (Å²) in [5.41, 5.74) is 7.10. The molecule has 0 aliphatic carbocycles. The average Bonchev–Trinajstić information content (AvgIpc) is 2.34. The Morgan fingerprint density at radius 1 is 1.33 bits per heavy atom. The van der Waals surface area contributed by atoms with Gasteiger partial charge in [0.25, 0.3) is 0 Å². The molecule has 2 rings (SSSR count). The molecule has 0 saturated carbocycles. The highest BCUT2D eigenvalue weighted by atomic mass is 79.9. The molecule has 0 unspecified atom stereocenters. The molecule has 92 valence electrons. The second-order valence-corrected chi connectivity index (χ2v) is 5.25. The SMILES string of the molecule is NC(=S)c1ccc(Nc2ccc(Br)c(Cl)c2)nc1.